The van der Waals surface area contributed by atoms with Crippen LogP contribution in [0, 0.1) is 6.92 Å². The van der Waals surface area contributed by atoms with E-state index < -0.39 is 0 Å². The molecule has 0 spiro atoms. The van der Waals surface area contributed by atoms with E-state index >= 15 is 0 Å². The number of aryl methyl sites for hydroxylation is 1. The maximum absolute atomic E-state index is 6.16. The lowest BCUT2D eigenvalue weighted by atomic mass is 9.98. The van der Waals surface area contributed by atoms with Crippen molar-refractivity contribution in [2.45, 2.75) is 13.0 Å². The van der Waals surface area contributed by atoms with E-state index in [9.17, 15) is 0 Å². The van der Waals surface area contributed by atoms with Gasteiger partial charge in [0.15, 0.2) is 0 Å². The summed E-state index contributed by atoms with van der Waals surface area (Å²) in [4.78, 5) is 8.12. The Hall–Kier alpha value is -1.94. The first kappa shape index (κ1) is 10.6. The second kappa shape index (κ2) is 4.28. The van der Waals surface area contributed by atoms with Gasteiger partial charge >= 0.3 is 0 Å². The third-order valence-electron chi connectivity index (χ3n) is 2.64. The van der Waals surface area contributed by atoms with Crippen molar-refractivity contribution in [3.63, 3.8) is 0 Å². The van der Waals surface area contributed by atoms with Crippen LogP contribution in [0.25, 0.3) is 0 Å². The van der Waals surface area contributed by atoms with Crippen LogP contribution in [-0.4, -0.2) is 9.97 Å². The van der Waals surface area contributed by atoms with Crippen LogP contribution < -0.4 is 11.5 Å². The van der Waals surface area contributed by atoms with Gasteiger partial charge in [0, 0.05) is 36.0 Å². The molecule has 4 N–H and O–H groups in total. The Balaban J connectivity index is 2.44. The van der Waals surface area contributed by atoms with E-state index in [4.69, 9.17) is 11.5 Å². The van der Waals surface area contributed by atoms with Crippen LogP contribution in [0.5, 0.6) is 0 Å². The van der Waals surface area contributed by atoms with Crippen LogP contribution in [0.15, 0.2) is 36.9 Å². The number of nitrogens with zero attached hydrogens (tertiary/aromatic N) is 2. The Morgan fingerprint density at radius 2 is 1.69 bits per heavy atom. The second-order valence-corrected chi connectivity index (χ2v) is 3.71. The Kier molecular flexibility index (Phi) is 2.83. The molecule has 2 aromatic heterocycles. The molecule has 0 fully saturated rings. The smallest absolute Gasteiger partial charge is 0.0605 e. The summed E-state index contributed by atoms with van der Waals surface area (Å²) >= 11 is 0. The molecule has 0 aromatic carbocycles. The first-order valence-corrected chi connectivity index (χ1v) is 5.05. The molecule has 0 aliphatic heterocycles. The molecule has 0 saturated carbocycles. The van der Waals surface area contributed by atoms with E-state index in [1.54, 1.807) is 30.9 Å². The highest BCUT2D eigenvalue weighted by atomic mass is 14.7. The normalized spacial score (nSPS) is 12.4. The first-order valence-electron chi connectivity index (χ1n) is 5.05. The van der Waals surface area contributed by atoms with Crippen molar-refractivity contribution < 1.29 is 0 Å². The lowest BCUT2D eigenvalue weighted by Gasteiger charge is -2.15. The van der Waals surface area contributed by atoms with Crippen LogP contribution >= 0.6 is 0 Å². The molecule has 2 heterocycles. The van der Waals surface area contributed by atoms with Crippen molar-refractivity contribution in [2.75, 3.05) is 5.73 Å². The van der Waals surface area contributed by atoms with Crippen molar-refractivity contribution in [1.29, 1.82) is 0 Å². The molecule has 4 heteroatoms. The van der Waals surface area contributed by atoms with Crippen molar-refractivity contribution in [2.24, 2.45) is 5.73 Å². The molecule has 0 aliphatic rings. The summed E-state index contributed by atoms with van der Waals surface area (Å²) < 4.78 is 0. The molecule has 0 radical (unpaired) electrons. The number of pyridine rings is 2. The topological polar surface area (TPSA) is 77.8 Å². The van der Waals surface area contributed by atoms with E-state index in [2.05, 4.69) is 9.97 Å². The van der Waals surface area contributed by atoms with Crippen molar-refractivity contribution >= 4 is 5.69 Å². The summed E-state index contributed by atoms with van der Waals surface area (Å²) in [6.45, 7) is 2.00. The van der Waals surface area contributed by atoms with Crippen LogP contribution in [0.1, 0.15) is 22.7 Å². The highest BCUT2D eigenvalue weighted by Gasteiger charge is 2.13. The average Bonchev–Trinajstić information content (AvgIpc) is 2.29. The third-order valence-corrected chi connectivity index (χ3v) is 2.64. The highest BCUT2D eigenvalue weighted by Crippen LogP contribution is 2.24. The molecule has 1 unspecified atom stereocenters. The molecule has 2 aromatic rings. The fraction of sp³-hybridized carbons (Fsp3) is 0.167. The molecule has 1 atom stereocenters. The molecular formula is C12H14N4. The summed E-state index contributed by atoms with van der Waals surface area (Å²) in [5.74, 6) is 0. The highest BCUT2D eigenvalue weighted by molar-refractivity contribution is 5.49. The largest absolute Gasteiger partial charge is 0.398 e. The number of hydrogen-bond acceptors (Lipinski definition) is 4. The fourth-order valence-electron chi connectivity index (χ4n) is 1.65. The standard InChI is InChI=1S/C12H14N4/c1-8-2-4-15-6-9(8)12(14)10-7-16-5-3-11(10)13/h2-7,12H,14H2,1H3,(H2,13,16). The number of nitrogens with two attached hydrogens (primary N) is 2. The van der Waals surface area contributed by atoms with E-state index in [0.29, 0.717) is 5.69 Å². The molecule has 0 bridgehead atoms. The van der Waals surface area contributed by atoms with Crippen LogP contribution in [-0.2, 0) is 0 Å². The minimum atomic E-state index is -0.276. The molecular weight excluding hydrogens is 200 g/mol. The Labute approximate surface area is 94.3 Å². The second-order valence-electron chi connectivity index (χ2n) is 3.71. The summed E-state index contributed by atoms with van der Waals surface area (Å²) in [6.07, 6.45) is 6.87. The average molecular weight is 214 g/mol. The number of aromatic nitrogens is 2. The summed E-state index contributed by atoms with van der Waals surface area (Å²) in [7, 11) is 0. The van der Waals surface area contributed by atoms with Gasteiger partial charge in [0.25, 0.3) is 0 Å². The summed E-state index contributed by atoms with van der Waals surface area (Å²) in [5, 5.41) is 0. The monoisotopic (exact) mass is 214 g/mol. The van der Waals surface area contributed by atoms with Gasteiger partial charge in [-0.3, -0.25) is 9.97 Å². The van der Waals surface area contributed by atoms with Gasteiger partial charge in [-0.2, -0.15) is 0 Å². The van der Waals surface area contributed by atoms with Crippen molar-refractivity contribution in [3.05, 3.63) is 53.6 Å². The van der Waals surface area contributed by atoms with Gasteiger partial charge in [-0.15, -0.1) is 0 Å². The molecule has 82 valence electrons. The van der Waals surface area contributed by atoms with Gasteiger partial charge in [-0.25, -0.2) is 0 Å². The maximum Gasteiger partial charge on any atom is 0.0605 e. The predicted molar refractivity (Wildman–Crippen MR) is 63.7 cm³/mol. The fourth-order valence-corrected chi connectivity index (χ4v) is 1.65. The zero-order valence-corrected chi connectivity index (χ0v) is 9.09. The summed E-state index contributed by atoms with van der Waals surface area (Å²) in [5.41, 5.74) is 15.6. The SMILES string of the molecule is Cc1ccncc1C(N)c1cnccc1N. The van der Waals surface area contributed by atoms with Crippen molar-refractivity contribution in [3.8, 4) is 0 Å². The Bertz CT molecular complexity index is 450. The van der Waals surface area contributed by atoms with Gasteiger partial charge < -0.3 is 11.5 Å². The maximum atomic E-state index is 6.16. The minimum Gasteiger partial charge on any atom is -0.398 e. The number of hydrogen-bond donors (Lipinski definition) is 2. The van der Waals surface area contributed by atoms with Gasteiger partial charge in [0.05, 0.1) is 6.04 Å². The zero-order chi connectivity index (χ0) is 11.5. The molecule has 16 heavy (non-hydrogen) atoms. The number of rotatable bonds is 2. The van der Waals surface area contributed by atoms with E-state index in [1.165, 1.54) is 0 Å². The molecule has 0 saturated heterocycles. The number of anilines is 1. The van der Waals surface area contributed by atoms with Gasteiger partial charge in [-0.05, 0) is 30.2 Å². The first-order chi connectivity index (χ1) is 7.70. The minimum absolute atomic E-state index is 0.276. The van der Waals surface area contributed by atoms with E-state index in [0.717, 1.165) is 16.7 Å². The molecule has 0 amide bonds. The lowest BCUT2D eigenvalue weighted by molar-refractivity contribution is 0.848. The van der Waals surface area contributed by atoms with Gasteiger partial charge in [0.2, 0.25) is 0 Å². The van der Waals surface area contributed by atoms with E-state index in [-0.39, 0.29) is 6.04 Å². The van der Waals surface area contributed by atoms with Crippen LogP contribution in [0.4, 0.5) is 5.69 Å². The molecule has 4 nitrogen and oxygen atoms in total. The molecule has 0 aliphatic carbocycles. The summed E-state index contributed by atoms with van der Waals surface area (Å²) in [6, 6.07) is 3.41. The van der Waals surface area contributed by atoms with Gasteiger partial charge in [0.1, 0.15) is 0 Å². The van der Waals surface area contributed by atoms with Crippen molar-refractivity contribution in [1.82, 2.24) is 9.97 Å². The van der Waals surface area contributed by atoms with Crippen LogP contribution in [0.3, 0.4) is 0 Å². The molecule has 2 rings (SSSR count). The van der Waals surface area contributed by atoms with Crippen LogP contribution in [0.2, 0.25) is 0 Å². The lowest BCUT2D eigenvalue weighted by Crippen LogP contribution is -2.15. The quantitative estimate of drug-likeness (QED) is 0.792. The van der Waals surface area contributed by atoms with Gasteiger partial charge in [-0.1, -0.05) is 0 Å². The Morgan fingerprint density at radius 1 is 1.06 bits per heavy atom. The zero-order valence-electron chi connectivity index (χ0n) is 9.09. The third kappa shape index (κ3) is 1.87. The Morgan fingerprint density at radius 3 is 2.31 bits per heavy atom. The predicted octanol–water partition coefficient (Wildman–Crippen LogP) is 1.42. The number of nitrogen functional groups attached to an aromatic ring is 1. The van der Waals surface area contributed by atoms with E-state index in [1.807, 2.05) is 13.0 Å².